The van der Waals surface area contributed by atoms with Gasteiger partial charge in [-0.15, -0.1) is 0 Å². The first-order valence-electron chi connectivity index (χ1n) is 7.83. The average molecular weight is 342 g/mol. The number of hydrogen-bond acceptors (Lipinski definition) is 5. The molecule has 8 heteroatoms. The van der Waals surface area contributed by atoms with Crippen molar-refractivity contribution in [3.8, 4) is 5.69 Å². The molecule has 0 aliphatic rings. The molecule has 0 aliphatic carbocycles. The number of amides is 1. The first-order valence-corrected chi connectivity index (χ1v) is 7.83. The van der Waals surface area contributed by atoms with E-state index >= 15 is 0 Å². The molecule has 0 saturated heterocycles. The normalized spacial score (nSPS) is 11.5. The van der Waals surface area contributed by atoms with E-state index < -0.39 is 0 Å². The summed E-state index contributed by atoms with van der Waals surface area (Å²) in [6.07, 6.45) is 3.01. The Morgan fingerprint density at radius 1 is 1.20 bits per heavy atom. The highest BCUT2D eigenvalue weighted by Gasteiger charge is 2.15. The Morgan fingerprint density at radius 3 is 2.60 bits per heavy atom. The third-order valence-corrected chi connectivity index (χ3v) is 3.37. The molecule has 0 bridgehead atoms. The monoisotopic (exact) mass is 342 g/mol. The highest BCUT2D eigenvalue weighted by molar-refractivity contribution is 5.89. The number of fused-ring (bicyclic) bond motifs is 1. The zero-order valence-electron chi connectivity index (χ0n) is 14.2. The third kappa shape index (κ3) is 3.90. The Kier molecular flexibility index (Phi) is 4.35. The summed E-state index contributed by atoms with van der Waals surface area (Å²) in [7, 11) is 0. The maximum Gasteiger partial charge on any atom is 0.239 e. The maximum absolute atomic E-state index is 13.1. The molecule has 0 spiro atoms. The first-order chi connectivity index (χ1) is 11.8. The van der Waals surface area contributed by atoms with Crippen LogP contribution in [0.1, 0.15) is 20.8 Å². The molecule has 130 valence electrons. The van der Waals surface area contributed by atoms with E-state index in [9.17, 15) is 9.18 Å². The molecule has 25 heavy (non-hydrogen) atoms. The number of benzene rings is 1. The standard InChI is InChI=1S/C17H19FN6O/c1-17(2,3)23-14(25)9-19-15-13-8-22-24(16(13)21-10-20-15)12-6-4-11(18)5-7-12/h4-8,10H,9H2,1-3H3,(H,23,25)(H,19,20,21). The van der Waals surface area contributed by atoms with Crippen LogP contribution in [-0.4, -0.2) is 37.7 Å². The predicted molar refractivity (Wildman–Crippen MR) is 93.0 cm³/mol. The minimum atomic E-state index is -0.318. The number of halogens is 1. The molecule has 0 unspecified atom stereocenters. The molecule has 0 saturated carbocycles. The van der Waals surface area contributed by atoms with Gasteiger partial charge in [-0.1, -0.05) is 0 Å². The predicted octanol–water partition coefficient (Wildman–Crippen LogP) is 2.28. The molecular weight excluding hydrogens is 323 g/mol. The minimum Gasteiger partial charge on any atom is -0.360 e. The Morgan fingerprint density at radius 2 is 1.92 bits per heavy atom. The third-order valence-electron chi connectivity index (χ3n) is 3.37. The van der Waals surface area contributed by atoms with Gasteiger partial charge < -0.3 is 10.6 Å². The number of hydrogen-bond donors (Lipinski definition) is 2. The van der Waals surface area contributed by atoms with E-state index in [0.29, 0.717) is 22.5 Å². The van der Waals surface area contributed by atoms with E-state index in [0.717, 1.165) is 0 Å². The van der Waals surface area contributed by atoms with Crippen LogP contribution in [0, 0.1) is 5.82 Å². The summed E-state index contributed by atoms with van der Waals surface area (Å²) in [5.41, 5.74) is 0.958. The summed E-state index contributed by atoms with van der Waals surface area (Å²) in [5, 5.41) is 10.8. The average Bonchev–Trinajstić information content (AvgIpc) is 2.96. The summed E-state index contributed by atoms with van der Waals surface area (Å²) in [5.74, 6) is 0.0645. The van der Waals surface area contributed by atoms with Gasteiger partial charge in [0, 0.05) is 5.54 Å². The van der Waals surface area contributed by atoms with Crippen molar-refractivity contribution >= 4 is 22.8 Å². The fraction of sp³-hybridized carbons (Fsp3) is 0.294. The minimum absolute atomic E-state index is 0.0884. The Balaban J connectivity index is 1.84. The lowest BCUT2D eigenvalue weighted by atomic mass is 10.1. The molecule has 1 aromatic carbocycles. The number of carbonyl (C=O) groups excluding carboxylic acids is 1. The number of aromatic nitrogens is 4. The molecule has 3 rings (SSSR count). The van der Waals surface area contributed by atoms with Crippen LogP contribution in [0.4, 0.5) is 10.2 Å². The fourth-order valence-corrected chi connectivity index (χ4v) is 2.38. The SMILES string of the molecule is CC(C)(C)NC(=O)CNc1ncnc2c1cnn2-c1ccc(F)cc1. The smallest absolute Gasteiger partial charge is 0.239 e. The van der Waals surface area contributed by atoms with E-state index in [1.54, 1.807) is 23.0 Å². The summed E-state index contributed by atoms with van der Waals surface area (Å²) in [6.45, 7) is 5.84. The highest BCUT2D eigenvalue weighted by Crippen LogP contribution is 2.21. The van der Waals surface area contributed by atoms with Crippen molar-refractivity contribution in [2.45, 2.75) is 26.3 Å². The summed E-state index contributed by atoms with van der Waals surface area (Å²) >= 11 is 0. The lowest BCUT2D eigenvalue weighted by molar-refractivity contribution is -0.120. The van der Waals surface area contributed by atoms with Gasteiger partial charge in [-0.25, -0.2) is 19.0 Å². The van der Waals surface area contributed by atoms with Crippen molar-refractivity contribution in [1.29, 1.82) is 0 Å². The van der Waals surface area contributed by atoms with E-state index in [-0.39, 0.29) is 23.8 Å². The largest absolute Gasteiger partial charge is 0.360 e. The lowest BCUT2D eigenvalue weighted by Crippen LogP contribution is -2.43. The first kappa shape index (κ1) is 16.8. The van der Waals surface area contributed by atoms with E-state index in [1.165, 1.54) is 18.5 Å². The van der Waals surface area contributed by atoms with Gasteiger partial charge in [-0.3, -0.25) is 4.79 Å². The second-order valence-electron chi connectivity index (χ2n) is 6.64. The van der Waals surface area contributed by atoms with Crippen LogP contribution in [0.3, 0.4) is 0 Å². The van der Waals surface area contributed by atoms with Crippen LogP contribution in [0.15, 0.2) is 36.8 Å². The van der Waals surface area contributed by atoms with Gasteiger partial charge in [0.25, 0.3) is 0 Å². The number of nitrogens with zero attached hydrogens (tertiary/aromatic N) is 4. The molecule has 2 heterocycles. The van der Waals surface area contributed by atoms with E-state index in [4.69, 9.17) is 0 Å². The van der Waals surface area contributed by atoms with Crippen LogP contribution in [0.5, 0.6) is 0 Å². The van der Waals surface area contributed by atoms with Gasteiger partial charge in [0.1, 0.15) is 18.0 Å². The molecular formula is C17H19FN6O. The van der Waals surface area contributed by atoms with Crippen molar-refractivity contribution in [3.05, 3.63) is 42.6 Å². The fourth-order valence-electron chi connectivity index (χ4n) is 2.38. The lowest BCUT2D eigenvalue weighted by Gasteiger charge is -2.20. The Bertz CT molecular complexity index is 898. The van der Waals surface area contributed by atoms with Crippen LogP contribution in [0.2, 0.25) is 0 Å². The zero-order valence-corrected chi connectivity index (χ0v) is 14.2. The quantitative estimate of drug-likeness (QED) is 0.760. The summed E-state index contributed by atoms with van der Waals surface area (Å²) in [6, 6.07) is 5.96. The van der Waals surface area contributed by atoms with Crippen LogP contribution < -0.4 is 10.6 Å². The molecule has 3 aromatic rings. The highest BCUT2D eigenvalue weighted by atomic mass is 19.1. The zero-order chi connectivity index (χ0) is 18.0. The maximum atomic E-state index is 13.1. The van der Waals surface area contributed by atoms with Crippen molar-refractivity contribution in [3.63, 3.8) is 0 Å². The van der Waals surface area contributed by atoms with Gasteiger partial charge in [0.05, 0.1) is 23.8 Å². The van der Waals surface area contributed by atoms with Crippen molar-refractivity contribution in [1.82, 2.24) is 25.1 Å². The van der Waals surface area contributed by atoms with Gasteiger partial charge >= 0.3 is 0 Å². The molecule has 2 aromatic heterocycles. The second kappa shape index (κ2) is 6.46. The molecule has 7 nitrogen and oxygen atoms in total. The van der Waals surface area contributed by atoms with Gasteiger partial charge in [0.2, 0.25) is 5.91 Å². The number of anilines is 1. The van der Waals surface area contributed by atoms with Crippen molar-refractivity contribution in [2.24, 2.45) is 0 Å². The van der Waals surface area contributed by atoms with Crippen LogP contribution in [0.25, 0.3) is 16.7 Å². The molecule has 0 atom stereocenters. The van der Waals surface area contributed by atoms with Crippen molar-refractivity contribution < 1.29 is 9.18 Å². The molecule has 0 aliphatic heterocycles. The van der Waals surface area contributed by atoms with Crippen LogP contribution in [-0.2, 0) is 4.79 Å². The van der Waals surface area contributed by atoms with Gasteiger partial charge in [0.15, 0.2) is 5.65 Å². The summed E-state index contributed by atoms with van der Waals surface area (Å²) < 4.78 is 14.7. The number of rotatable bonds is 4. The van der Waals surface area contributed by atoms with E-state index in [2.05, 4.69) is 25.7 Å². The number of carbonyl (C=O) groups is 1. The second-order valence-corrected chi connectivity index (χ2v) is 6.64. The summed E-state index contributed by atoms with van der Waals surface area (Å²) in [4.78, 5) is 20.4. The van der Waals surface area contributed by atoms with Crippen molar-refractivity contribution in [2.75, 3.05) is 11.9 Å². The van der Waals surface area contributed by atoms with E-state index in [1.807, 2.05) is 20.8 Å². The topological polar surface area (TPSA) is 84.7 Å². The Labute approximate surface area is 144 Å². The van der Waals surface area contributed by atoms with Gasteiger partial charge in [-0.2, -0.15) is 5.10 Å². The Hall–Kier alpha value is -3.03. The molecule has 1 amide bonds. The molecule has 0 fully saturated rings. The molecule has 2 N–H and O–H groups in total. The number of nitrogens with one attached hydrogen (secondary N) is 2. The van der Waals surface area contributed by atoms with Gasteiger partial charge in [-0.05, 0) is 45.0 Å². The molecule has 0 radical (unpaired) electrons. The van der Waals surface area contributed by atoms with Crippen LogP contribution >= 0.6 is 0 Å².